The molecule has 0 bridgehead atoms. The van der Waals surface area contributed by atoms with E-state index in [1.165, 1.54) is 12.1 Å². The van der Waals surface area contributed by atoms with E-state index in [1.54, 1.807) is 0 Å². The lowest BCUT2D eigenvalue weighted by Crippen LogP contribution is -2.20. The third kappa shape index (κ3) is 5.84. The Morgan fingerprint density at radius 1 is 1.14 bits per heavy atom. The summed E-state index contributed by atoms with van der Waals surface area (Å²) in [6.45, 7) is -1.52. The van der Waals surface area contributed by atoms with Gasteiger partial charge in [-0.1, -0.05) is 0 Å². The number of sulfone groups is 1. The molecule has 0 aromatic heterocycles. The summed E-state index contributed by atoms with van der Waals surface area (Å²) in [5.74, 6) is -3.51. The molecule has 0 amide bonds. The number of hydrogen-bond acceptors (Lipinski definition) is 4. The predicted octanol–water partition coefficient (Wildman–Crippen LogP) is 2.67. The Hall–Kier alpha value is -1.42. The van der Waals surface area contributed by atoms with Crippen molar-refractivity contribution < 1.29 is 35.1 Å². The number of halogens is 5. The second kappa shape index (κ2) is 7.03. The highest BCUT2D eigenvalue weighted by molar-refractivity contribution is 7.91. The first kappa shape index (κ1) is 17.6. The van der Waals surface area contributed by atoms with Crippen LogP contribution in [0.15, 0.2) is 29.2 Å². The standard InChI is InChI=1S/C11H12F5NO3S/c12-10(13)21(18,19)9-3-1-8(2-4-9)17-5-6-20-7-11(14,15)16/h1-4,10,17H,5-7H2. The van der Waals surface area contributed by atoms with Crippen molar-refractivity contribution in [1.82, 2.24) is 0 Å². The Kier molecular flexibility index (Phi) is 5.90. The van der Waals surface area contributed by atoms with E-state index in [4.69, 9.17) is 0 Å². The Morgan fingerprint density at radius 2 is 1.71 bits per heavy atom. The van der Waals surface area contributed by atoms with Crippen molar-refractivity contribution in [1.29, 1.82) is 0 Å². The van der Waals surface area contributed by atoms with Crippen molar-refractivity contribution in [3.63, 3.8) is 0 Å². The van der Waals surface area contributed by atoms with Gasteiger partial charge >= 0.3 is 11.9 Å². The summed E-state index contributed by atoms with van der Waals surface area (Å²) in [5.41, 5.74) is 0.374. The van der Waals surface area contributed by atoms with Crippen molar-refractivity contribution in [2.24, 2.45) is 0 Å². The highest BCUT2D eigenvalue weighted by atomic mass is 32.2. The van der Waals surface area contributed by atoms with Crippen molar-refractivity contribution in [3.8, 4) is 0 Å². The molecule has 0 saturated heterocycles. The molecule has 0 aliphatic rings. The molecular formula is C11H12F5NO3S. The summed E-state index contributed by atoms with van der Waals surface area (Å²) in [4.78, 5) is -0.531. The number of anilines is 1. The molecule has 0 fully saturated rings. The van der Waals surface area contributed by atoms with Gasteiger partial charge in [0.05, 0.1) is 11.5 Å². The molecule has 0 aliphatic heterocycles. The maximum Gasteiger partial charge on any atom is 0.411 e. The number of ether oxygens (including phenoxy) is 1. The van der Waals surface area contributed by atoms with E-state index in [2.05, 4.69) is 10.1 Å². The second-order valence-electron chi connectivity index (χ2n) is 3.92. The maximum absolute atomic E-state index is 12.3. The van der Waals surface area contributed by atoms with Gasteiger partial charge in [0.1, 0.15) is 6.61 Å². The minimum atomic E-state index is -4.65. The molecular weight excluding hydrogens is 321 g/mol. The van der Waals surface area contributed by atoms with Gasteiger partial charge in [0.25, 0.3) is 0 Å². The lowest BCUT2D eigenvalue weighted by molar-refractivity contribution is -0.172. The number of benzene rings is 1. The fraction of sp³-hybridized carbons (Fsp3) is 0.455. The molecule has 0 heterocycles. The molecule has 0 unspecified atom stereocenters. The molecule has 1 aromatic rings. The average molecular weight is 333 g/mol. The minimum absolute atomic E-state index is 0.0526. The van der Waals surface area contributed by atoms with Crippen molar-refractivity contribution in [2.45, 2.75) is 16.8 Å². The molecule has 1 rings (SSSR count). The smallest absolute Gasteiger partial charge is 0.383 e. The van der Waals surface area contributed by atoms with Crippen molar-refractivity contribution in [2.75, 3.05) is 25.1 Å². The largest absolute Gasteiger partial charge is 0.411 e. The molecule has 10 heteroatoms. The molecule has 1 aromatic carbocycles. The first-order valence-corrected chi connectivity index (χ1v) is 7.18. The summed E-state index contributed by atoms with van der Waals surface area (Å²) >= 11 is 0. The molecule has 120 valence electrons. The Morgan fingerprint density at radius 3 is 2.19 bits per heavy atom. The third-order valence-electron chi connectivity index (χ3n) is 2.26. The Bertz CT molecular complexity index is 542. The quantitative estimate of drug-likeness (QED) is 0.616. The Labute approximate surface area is 117 Å². The van der Waals surface area contributed by atoms with Crippen LogP contribution in [0.25, 0.3) is 0 Å². The van der Waals surface area contributed by atoms with E-state index >= 15 is 0 Å². The van der Waals surface area contributed by atoms with E-state index in [0.29, 0.717) is 5.69 Å². The average Bonchev–Trinajstić information content (AvgIpc) is 2.37. The number of alkyl halides is 5. The van der Waals surface area contributed by atoms with Crippen LogP contribution in [0, 0.1) is 0 Å². The van der Waals surface area contributed by atoms with Gasteiger partial charge < -0.3 is 10.1 Å². The van der Waals surface area contributed by atoms with Gasteiger partial charge in [-0.05, 0) is 24.3 Å². The van der Waals surface area contributed by atoms with Gasteiger partial charge in [0, 0.05) is 12.2 Å². The van der Waals surface area contributed by atoms with Crippen LogP contribution in [-0.2, 0) is 14.6 Å². The first-order chi connectivity index (χ1) is 9.63. The number of rotatable bonds is 7. The fourth-order valence-corrected chi connectivity index (χ4v) is 2.04. The van der Waals surface area contributed by atoms with E-state index in [1.807, 2.05) is 0 Å². The van der Waals surface area contributed by atoms with Gasteiger partial charge in [-0.15, -0.1) is 0 Å². The minimum Gasteiger partial charge on any atom is -0.383 e. The third-order valence-corrected chi connectivity index (χ3v) is 3.66. The summed E-state index contributed by atoms with van der Waals surface area (Å²) in [7, 11) is -4.65. The lowest BCUT2D eigenvalue weighted by Gasteiger charge is -2.10. The van der Waals surface area contributed by atoms with Crippen LogP contribution in [0.1, 0.15) is 0 Å². The molecule has 0 saturated carbocycles. The summed E-state index contributed by atoms with van der Waals surface area (Å²) in [6.07, 6.45) is -4.40. The summed E-state index contributed by atoms with van der Waals surface area (Å²) < 4.78 is 86.5. The monoisotopic (exact) mass is 333 g/mol. The van der Waals surface area contributed by atoms with Crippen LogP contribution in [0.5, 0.6) is 0 Å². The van der Waals surface area contributed by atoms with E-state index < -0.39 is 33.3 Å². The second-order valence-corrected chi connectivity index (χ2v) is 5.84. The topological polar surface area (TPSA) is 55.4 Å². The van der Waals surface area contributed by atoms with Gasteiger partial charge in [-0.3, -0.25) is 0 Å². The molecule has 0 aliphatic carbocycles. The van der Waals surface area contributed by atoms with Crippen molar-refractivity contribution in [3.05, 3.63) is 24.3 Å². The van der Waals surface area contributed by atoms with Gasteiger partial charge in [0.15, 0.2) is 0 Å². The zero-order chi connectivity index (χ0) is 16.1. The molecule has 0 atom stereocenters. The molecule has 1 N–H and O–H groups in total. The molecule has 0 radical (unpaired) electrons. The van der Waals surface area contributed by atoms with Crippen molar-refractivity contribution >= 4 is 15.5 Å². The zero-order valence-corrected chi connectivity index (χ0v) is 11.3. The normalized spacial score (nSPS) is 12.7. The van der Waals surface area contributed by atoms with E-state index in [-0.39, 0.29) is 13.2 Å². The highest BCUT2D eigenvalue weighted by Crippen LogP contribution is 2.20. The van der Waals surface area contributed by atoms with E-state index in [0.717, 1.165) is 12.1 Å². The van der Waals surface area contributed by atoms with Crippen LogP contribution in [0.4, 0.5) is 27.6 Å². The SMILES string of the molecule is O=S(=O)(c1ccc(NCCOCC(F)(F)F)cc1)C(F)F. The molecule has 21 heavy (non-hydrogen) atoms. The first-order valence-electron chi connectivity index (χ1n) is 5.63. The van der Waals surface area contributed by atoms with Crippen LogP contribution < -0.4 is 5.32 Å². The fourth-order valence-electron chi connectivity index (χ4n) is 1.32. The lowest BCUT2D eigenvalue weighted by atomic mass is 10.3. The van der Waals surface area contributed by atoms with Crippen LogP contribution in [0.2, 0.25) is 0 Å². The van der Waals surface area contributed by atoms with Gasteiger partial charge in [-0.25, -0.2) is 8.42 Å². The summed E-state index contributed by atoms with van der Waals surface area (Å²) in [6, 6.07) is 4.44. The Balaban J connectivity index is 2.46. The highest BCUT2D eigenvalue weighted by Gasteiger charge is 2.27. The molecule has 4 nitrogen and oxygen atoms in total. The maximum atomic E-state index is 12.3. The van der Waals surface area contributed by atoms with Crippen LogP contribution in [-0.4, -0.2) is 40.1 Å². The van der Waals surface area contributed by atoms with E-state index in [9.17, 15) is 30.4 Å². The van der Waals surface area contributed by atoms with Crippen LogP contribution >= 0.6 is 0 Å². The van der Waals surface area contributed by atoms with Gasteiger partial charge in [-0.2, -0.15) is 22.0 Å². The predicted molar refractivity (Wildman–Crippen MR) is 65.0 cm³/mol. The van der Waals surface area contributed by atoms with Crippen LogP contribution in [0.3, 0.4) is 0 Å². The zero-order valence-electron chi connectivity index (χ0n) is 10.5. The number of nitrogens with one attached hydrogen (secondary N) is 1. The molecule has 0 spiro atoms. The summed E-state index contributed by atoms with van der Waals surface area (Å²) in [5, 5.41) is 2.66. The van der Waals surface area contributed by atoms with Gasteiger partial charge in [0.2, 0.25) is 9.84 Å². The number of hydrogen-bond donors (Lipinski definition) is 1.